The van der Waals surface area contributed by atoms with Crippen LogP contribution in [0.15, 0.2) is 0 Å². The van der Waals surface area contributed by atoms with E-state index in [1.807, 2.05) is 0 Å². The number of rotatable bonds is 0. The zero-order chi connectivity index (χ0) is 9.71. The topological polar surface area (TPSA) is 25.8 Å². The van der Waals surface area contributed by atoms with Gasteiger partial charge in [-0.25, -0.2) is 9.97 Å². The van der Waals surface area contributed by atoms with Gasteiger partial charge in [0.15, 0.2) is 0 Å². The van der Waals surface area contributed by atoms with E-state index in [0.29, 0.717) is 22.3 Å². The van der Waals surface area contributed by atoms with Crippen LogP contribution in [0.25, 0.3) is 0 Å². The van der Waals surface area contributed by atoms with Crippen molar-refractivity contribution < 1.29 is 0 Å². The summed E-state index contributed by atoms with van der Waals surface area (Å²) in [5, 5.41) is 0.871. The van der Waals surface area contributed by atoms with Gasteiger partial charge in [0.1, 0.15) is 5.15 Å². The van der Waals surface area contributed by atoms with E-state index in [0.717, 1.165) is 5.69 Å². The van der Waals surface area contributed by atoms with Crippen LogP contribution in [0.4, 0.5) is 0 Å². The van der Waals surface area contributed by atoms with Crippen molar-refractivity contribution in [1.29, 1.82) is 0 Å². The van der Waals surface area contributed by atoms with Gasteiger partial charge in [-0.15, -0.1) is 0 Å². The van der Waals surface area contributed by atoms with Crippen LogP contribution in [-0.4, -0.2) is 9.97 Å². The van der Waals surface area contributed by atoms with Gasteiger partial charge in [-0.05, 0) is 43.2 Å². The average Bonchev–Trinajstić information content (AvgIpc) is 2.18. The molecule has 4 rings (SSSR count). The normalized spacial score (nSPS) is 29.0. The SMILES string of the molecule is Clc1nc(Cl)c2c(n1)C1CCC2CC1. The molecule has 14 heavy (non-hydrogen) atoms. The highest BCUT2D eigenvalue weighted by atomic mass is 35.5. The van der Waals surface area contributed by atoms with Gasteiger partial charge in [0.05, 0.1) is 5.69 Å². The summed E-state index contributed by atoms with van der Waals surface area (Å²) in [5.74, 6) is 1.16. The van der Waals surface area contributed by atoms with E-state index in [9.17, 15) is 0 Å². The van der Waals surface area contributed by atoms with Gasteiger partial charge in [-0.2, -0.15) is 0 Å². The van der Waals surface area contributed by atoms with E-state index in [1.165, 1.54) is 31.2 Å². The zero-order valence-electron chi connectivity index (χ0n) is 7.63. The molecule has 1 saturated carbocycles. The molecule has 4 heteroatoms. The van der Waals surface area contributed by atoms with Crippen LogP contribution in [0, 0.1) is 0 Å². The predicted octanol–water partition coefficient (Wildman–Crippen LogP) is 3.54. The third-order valence-electron chi connectivity index (χ3n) is 3.42. The Labute approximate surface area is 92.7 Å². The molecule has 3 aliphatic rings. The molecule has 0 aliphatic heterocycles. The molecule has 1 heterocycles. The zero-order valence-corrected chi connectivity index (χ0v) is 9.15. The molecule has 0 N–H and O–H groups in total. The number of hydrogen-bond acceptors (Lipinski definition) is 2. The number of nitrogens with zero attached hydrogens (tertiary/aromatic N) is 2. The van der Waals surface area contributed by atoms with Gasteiger partial charge in [0, 0.05) is 11.5 Å². The smallest absolute Gasteiger partial charge is 0.222 e. The summed E-state index contributed by atoms with van der Waals surface area (Å²) in [7, 11) is 0. The van der Waals surface area contributed by atoms with Gasteiger partial charge in [-0.3, -0.25) is 0 Å². The fourth-order valence-electron chi connectivity index (χ4n) is 2.78. The van der Waals surface area contributed by atoms with Gasteiger partial charge in [0.2, 0.25) is 5.28 Å². The molecule has 0 radical (unpaired) electrons. The first kappa shape index (κ1) is 8.93. The summed E-state index contributed by atoms with van der Waals surface area (Å²) in [6.45, 7) is 0. The van der Waals surface area contributed by atoms with Crippen LogP contribution in [0.2, 0.25) is 10.4 Å². The molecule has 1 aromatic heterocycles. The lowest BCUT2D eigenvalue weighted by molar-refractivity contribution is 0.349. The molecule has 0 aromatic carbocycles. The van der Waals surface area contributed by atoms with E-state index in [4.69, 9.17) is 23.2 Å². The Bertz CT molecular complexity index is 384. The Kier molecular flexibility index (Phi) is 1.96. The van der Waals surface area contributed by atoms with Crippen LogP contribution in [0.5, 0.6) is 0 Å². The van der Waals surface area contributed by atoms with Crippen LogP contribution in [0.1, 0.15) is 48.8 Å². The minimum absolute atomic E-state index is 0.293. The highest BCUT2D eigenvalue weighted by Crippen LogP contribution is 2.50. The molecule has 3 aliphatic carbocycles. The number of fused-ring (bicyclic) bond motifs is 2. The summed E-state index contributed by atoms with van der Waals surface area (Å²) in [5.41, 5.74) is 2.30. The minimum Gasteiger partial charge on any atom is -0.222 e. The van der Waals surface area contributed by atoms with E-state index >= 15 is 0 Å². The molecule has 0 amide bonds. The van der Waals surface area contributed by atoms with Crippen molar-refractivity contribution in [2.75, 3.05) is 0 Å². The molecule has 0 atom stereocenters. The Hall–Kier alpha value is -0.340. The molecule has 0 saturated heterocycles. The number of aromatic nitrogens is 2. The average molecular weight is 229 g/mol. The second-order valence-corrected chi connectivity index (χ2v) is 4.83. The lowest BCUT2D eigenvalue weighted by atomic mass is 9.70. The summed E-state index contributed by atoms with van der Waals surface area (Å²) < 4.78 is 0. The molecule has 2 bridgehead atoms. The maximum Gasteiger partial charge on any atom is 0.224 e. The molecule has 1 fully saturated rings. The second kappa shape index (κ2) is 3.07. The summed E-state index contributed by atoms with van der Waals surface area (Å²) in [4.78, 5) is 8.35. The molecule has 0 unspecified atom stereocenters. The predicted molar refractivity (Wildman–Crippen MR) is 56.0 cm³/mol. The van der Waals surface area contributed by atoms with Crippen LogP contribution in [0.3, 0.4) is 0 Å². The maximum atomic E-state index is 6.11. The fourth-order valence-corrected chi connectivity index (χ4v) is 3.33. The van der Waals surface area contributed by atoms with Crippen molar-refractivity contribution in [3.63, 3.8) is 0 Å². The molecular weight excluding hydrogens is 219 g/mol. The van der Waals surface area contributed by atoms with E-state index in [-0.39, 0.29) is 0 Å². The quantitative estimate of drug-likeness (QED) is 0.502. The van der Waals surface area contributed by atoms with Crippen LogP contribution >= 0.6 is 23.2 Å². The molecule has 74 valence electrons. The third kappa shape index (κ3) is 1.17. The van der Waals surface area contributed by atoms with E-state index < -0.39 is 0 Å². The van der Waals surface area contributed by atoms with Gasteiger partial charge in [-0.1, -0.05) is 11.6 Å². The van der Waals surface area contributed by atoms with Gasteiger partial charge in [0.25, 0.3) is 0 Å². The van der Waals surface area contributed by atoms with Crippen LogP contribution < -0.4 is 0 Å². The highest BCUT2D eigenvalue weighted by molar-refractivity contribution is 6.32. The van der Waals surface area contributed by atoms with E-state index in [2.05, 4.69) is 9.97 Å². The summed E-state index contributed by atoms with van der Waals surface area (Å²) in [6, 6.07) is 0. The summed E-state index contributed by atoms with van der Waals surface area (Å²) in [6.07, 6.45) is 4.95. The fraction of sp³-hybridized carbons (Fsp3) is 0.600. The van der Waals surface area contributed by atoms with Crippen LogP contribution in [-0.2, 0) is 0 Å². The molecule has 1 aromatic rings. The minimum atomic E-state index is 0.293. The monoisotopic (exact) mass is 228 g/mol. The van der Waals surface area contributed by atoms with Crippen molar-refractivity contribution >= 4 is 23.2 Å². The molecular formula is C10H10Cl2N2. The van der Waals surface area contributed by atoms with Crippen molar-refractivity contribution in [1.82, 2.24) is 9.97 Å². The second-order valence-electron chi connectivity index (χ2n) is 4.13. The summed E-state index contributed by atoms with van der Waals surface area (Å²) >= 11 is 11.9. The van der Waals surface area contributed by atoms with Gasteiger partial charge < -0.3 is 0 Å². The Morgan fingerprint density at radius 3 is 2.29 bits per heavy atom. The van der Waals surface area contributed by atoms with Crippen molar-refractivity contribution in [2.45, 2.75) is 37.5 Å². The lowest BCUT2D eigenvalue weighted by Gasteiger charge is -2.37. The first-order valence-corrected chi connectivity index (χ1v) is 5.74. The number of halogens is 2. The van der Waals surface area contributed by atoms with Crippen molar-refractivity contribution in [3.05, 3.63) is 21.7 Å². The first-order chi connectivity index (χ1) is 6.75. The molecule has 0 spiro atoms. The molecule has 2 nitrogen and oxygen atoms in total. The Morgan fingerprint density at radius 2 is 1.57 bits per heavy atom. The Balaban J connectivity index is 2.24. The largest absolute Gasteiger partial charge is 0.224 e. The highest BCUT2D eigenvalue weighted by Gasteiger charge is 2.36. The first-order valence-electron chi connectivity index (χ1n) is 4.98. The standard InChI is InChI=1S/C10H10Cl2N2/c11-9-7-5-1-3-6(4-2-5)8(7)13-10(12)14-9/h5-6H,1-4H2. The van der Waals surface area contributed by atoms with Gasteiger partial charge >= 0.3 is 0 Å². The van der Waals surface area contributed by atoms with Crippen molar-refractivity contribution in [2.24, 2.45) is 0 Å². The number of hydrogen-bond donors (Lipinski definition) is 0. The lowest BCUT2D eigenvalue weighted by Crippen LogP contribution is -2.24. The van der Waals surface area contributed by atoms with E-state index in [1.54, 1.807) is 0 Å². The third-order valence-corrected chi connectivity index (χ3v) is 3.88. The van der Waals surface area contributed by atoms with Crippen molar-refractivity contribution in [3.8, 4) is 0 Å². The Morgan fingerprint density at radius 1 is 0.929 bits per heavy atom. The maximum absolute atomic E-state index is 6.11.